The van der Waals surface area contributed by atoms with Crippen molar-refractivity contribution in [1.29, 1.82) is 0 Å². The van der Waals surface area contributed by atoms with Crippen molar-refractivity contribution in [2.24, 2.45) is 5.73 Å². The summed E-state index contributed by atoms with van der Waals surface area (Å²) in [7, 11) is 0. The summed E-state index contributed by atoms with van der Waals surface area (Å²) in [5.41, 5.74) is 11.2. The van der Waals surface area contributed by atoms with Gasteiger partial charge in [-0.2, -0.15) is 0 Å². The highest BCUT2D eigenvalue weighted by Crippen LogP contribution is 2.31. The minimum absolute atomic E-state index is 0.278. The van der Waals surface area contributed by atoms with Crippen molar-refractivity contribution >= 4 is 15.9 Å². The SMILES string of the molecule is Cc1cc(C)c(C(N)c2c(F)cccc2Br)cc1C. The summed E-state index contributed by atoms with van der Waals surface area (Å²) in [6.45, 7) is 6.12. The van der Waals surface area contributed by atoms with Gasteiger partial charge in [-0.15, -0.1) is 0 Å². The maximum Gasteiger partial charge on any atom is 0.129 e. The van der Waals surface area contributed by atoms with Crippen LogP contribution in [0.25, 0.3) is 0 Å². The summed E-state index contributed by atoms with van der Waals surface area (Å²) >= 11 is 3.38. The molecule has 1 atom stereocenters. The van der Waals surface area contributed by atoms with E-state index in [1.807, 2.05) is 26.0 Å². The van der Waals surface area contributed by atoms with Gasteiger partial charge in [-0.3, -0.25) is 0 Å². The van der Waals surface area contributed by atoms with Gasteiger partial charge in [-0.25, -0.2) is 4.39 Å². The minimum Gasteiger partial charge on any atom is -0.320 e. The zero-order chi connectivity index (χ0) is 14.2. The van der Waals surface area contributed by atoms with Crippen LogP contribution in [-0.4, -0.2) is 0 Å². The van der Waals surface area contributed by atoms with Crippen LogP contribution in [0.5, 0.6) is 0 Å². The number of benzene rings is 2. The van der Waals surface area contributed by atoms with Gasteiger partial charge in [0.2, 0.25) is 0 Å². The molecule has 100 valence electrons. The Morgan fingerprint density at radius 1 is 1.05 bits per heavy atom. The van der Waals surface area contributed by atoms with Gasteiger partial charge in [0.25, 0.3) is 0 Å². The van der Waals surface area contributed by atoms with E-state index in [0.29, 0.717) is 10.0 Å². The molecule has 0 aliphatic rings. The van der Waals surface area contributed by atoms with Gasteiger partial charge in [0.1, 0.15) is 5.82 Å². The summed E-state index contributed by atoms with van der Waals surface area (Å²) in [4.78, 5) is 0. The van der Waals surface area contributed by atoms with Crippen molar-refractivity contribution in [3.05, 3.63) is 68.4 Å². The van der Waals surface area contributed by atoms with Crippen LogP contribution in [0.3, 0.4) is 0 Å². The number of nitrogens with two attached hydrogens (primary N) is 1. The standard InChI is InChI=1S/C16H17BrFN/c1-9-7-11(3)12(8-10(9)2)16(19)15-13(17)5-4-6-14(15)18/h4-8,16H,19H2,1-3H3. The Morgan fingerprint density at radius 3 is 2.32 bits per heavy atom. The predicted octanol–water partition coefficient (Wildman–Crippen LogP) is 4.56. The van der Waals surface area contributed by atoms with E-state index in [2.05, 4.69) is 28.9 Å². The molecule has 0 fully saturated rings. The molecule has 2 aromatic carbocycles. The molecule has 0 heterocycles. The third-order valence-electron chi connectivity index (χ3n) is 3.53. The first-order valence-corrected chi connectivity index (χ1v) is 6.98. The molecule has 2 N–H and O–H groups in total. The Labute approximate surface area is 121 Å². The average molecular weight is 322 g/mol. The fourth-order valence-electron chi connectivity index (χ4n) is 2.28. The second-order valence-corrected chi connectivity index (χ2v) is 5.76. The molecule has 2 aromatic rings. The number of aryl methyl sites for hydroxylation is 3. The second kappa shape index (κ2) is 5.43. The molecule has 3 heteroatoms. The van der Waals surface area contributed by atoms with Crippen LogP contribution >= 0.6 is 15.9 Å². The Hall–Kier alpha value is -1.19. The van der Waals surface area contributed by atoms with E-state index < -0.39 is 6.04 Å². The number of halogens is 2. The lowest BCUT2D eigenvalue weighted by atomic mass is 9.92. The van der Waals surface area contributed by atoms with Gasteiger partial charge in [0, 0.05) is 10.0 Å². The number of rotatable bonds is 2. The minimum atomic E-state index is -0.463. The Bertz CT molecular complexity index is 602. The lowest BCUT2D eigenvalue weighted by molar-refractivity contribution is 0.597. The van der Waals surface area contributed by atoms with Crippen molar-refractivity contribution in [3.63, 3.8) is 0 Å². The molecule has 0 aliphatic heterocycles. The number of hydrogen-bond acceptors (Lipinski definition) is 1. The highest BCUT2D eigenvalue weighted by molar-refractivity contribution is 9.10. The highest BCUT2D eigenvalue weighted by atomic mass is 79.9. The van der Waals surface area contributed by atoms with Crippen molar-refractivity contribution in [3.8, 4) is 0 Å². The van der Waals surface area contributed by atoms with Crippen molar-refractivity contribution < 1.29 is 4.39 Å². The van der Waals surface area contributed by atoms with Crippen molar-refractivity contribution in [2.45, 2.75) is 26.8 Å². The number of hydrogen-bond donors (Lipinski definition) is 1. The van der Waals surface area contributed by atoms with Crippen LogP contribution < -0.4 is 5.73 Å². The van der Waals surface area contributed by atoms with Gasteiger partial charge in [0.15, 0.2) is 0 Å². The molecule has 0 bridgehead atoms. The maximum atomic E-state index is 14.0. The van der Waals surface area contributed by atoms with Gasteiger partial charge in [-0.1, -0.05) is 34.1 Å². The monoisotopic (exact) mass is 321 g/mol. The van der Waals surface area contributed by atoms with Crippen LogP contribution in [0, 0.1) is 26.6 Å². The molecule has 2 rings (SSSR count). The van der Waals surface area contributed by atoms with Crippen molar-refractivity contribution in [2.75, 3.05) is 0 Å². The summed E-state index contributed by atoms with van der Waals surface area (Å²) in [5, 5.41) is 0. The largest absolute Gasteiger partial charge is 0.320 e. The van der Waals surface area contributed by atoms with Gasteiger partial charge in [0.05, 0.1) is 6.04 Å². The first-order valence-electron chi connectivity index (χ1n) is 6.19. The third-order valence-corrected chi connectivity index (χ3v) is 4.22. The van der Waals surface area contributed by atoms with Gasteiger partial charge >= 0.3 is 0 Å². The van der Waals surface area contributed by atoms with E-state index >= 15 is 0 Å². The Balaban J connectivity index is 2.56. The van der Waals surface area contributed by atoms with Crippen molar-refractivity contribution in [1.82, 2.24) is 0 Å². The molecule has 0 saturated heterocycles. The zero-order valence-electron chi connectivity index (χ0n) is 11.3. The van der Waals surface area contributed by atoms with E-state index in [-0.39, 0.29) is 5.82 Å². The molecule has 0 spiro atoms. The van der Waals surface area contributed by atoms with Crippen LogP contribution in [0.15, 0.2) is 34.8 Å². The van der Waals surface area contributed by atoms with E-state index in [4.69, 9.17) is 5.73 Å². The molecule has 0 aromatic heterocycles. The summed E-state index contributed by atoms with van der Waals surface area (Å²) in [6.07, 6.45) is 0. The van der Waals surface area contributed by atoms with E-state index in [0.717, 1.165) is 11.1 Å². The lowest BCUT2D eigenvalue weighted by Gasteiger charge is -2.19. The molecule has 19 heavy (non-hydrogen) atoms. The quantitative estimate of drug-likeness (QED) is 0.862. The Morgan fingerprint density at radius 2 is 1.68 bits per heavy atom. The van der Waals surface area contributed by atoms with E-state index in [1.54, 1.807) is 6.07 Å². The molecule has 1 unspecified atom stereocenters. The predicted molar refractivity (Wildman–Crippen MR) is 80.8 cm³/mol. The molecular weight excluding hydrogens is 305 g/mol. The molecule has 0 amide bonds. The smallest absolute Gasteiger partial charge is 0.129 e. The highest BCUT2D eigenvalue weighted by Gasteiger charge is 2.18. The molecule has 0 saturated carbocycles. The van der Waals surface area contributed by atoms with Crippen LogP contribution in [0.4, 0.5) is 4.39 Å². The van der Waals surface area contributed by atoms with Gasteiger partial charge in [-0.05, 0) is 55.2 Å². The second-order valence-electron chi connectivity index (χ2n) is 4.91. The molecule has 1 nitrogen and oxygen atoms in total. The first-order chi connectivity index (χ1) is 8.91. The normalized spacial score (nSPS) is 12.5. The first kappa shape index (κ1) is 14.2. The molecule has 0 aliphatic carbocycles. The average Bonchev–Trinajstić information content (AvgIpc) is 2.33. The fourth-order valence-corrected chi connectivity index (χ4v) is 2.87. The van der Waals surface area contributed by atoms with Crippen LogP contribution in [0.1, 0.15) is 33.9 Å². The van der Waals surface area contributed by atoms with E-state index in [1.165, 1.54) is 17.2 Å². The summed E-state index contributed by atoms with van der Waals surface area (Å²) in [5.74, 6) is -0.278. The van der Waals surface area contributed by atoms with Gasteiger partial charge < -0.3 is 5.73 Å². The van der Waals surface area contributed by atoms with Crippen LogP contribution in [0.2, 0.25) is 0 Å². The van der Waals surface area contributed by atoms with E-state index in [9.17, 15) is 4.39 Å². The summed E-state index contributed by atoms with van der Waals surface area (Å²) < 4.78 is 14.7. The molecular formula is C16H17BrFN. The van der Waals surface area contributed by atoms with Crippen LogP contribution in [-0.2, 0) is 0 Å². The maximum absolute atomic E-state index is 14.0. The fraction of sp³-hybridized carbons (Fsp3) is 0.250. The summed E-state index contributed by atoms with van der Waals surface area (Å²) in [6, 6.07) is 8.61. The molecule has 0 radical (unpaired) electrons. The zero-order valence-corrected chi connectivity index (χ0v) is 12.9. The lowest BCUT2D eigenvalue weighted by Crippen LogP contribution is -2.16. The third kappa shape index (κ3) is 2.72. The topological polar surface area (TPSA) is 26.0 Å². The Kier molecular flexibility index (Phi) is 4.07.